The Morgan fingerprint density at radius 1 is 1.28 bits per heavy atom. The molecule has 6 heteroatoms. The van der Waals surface area contributed by atoms with Crippen LogP contribution in [-0.4, -0.2) is 13.0 Å². The van der Waals surface area contributed by atoms with Gasteiger partial charge in [-0.05, 0) is 31.5 Å². The van der Waals surface area contributed by atoms with E-state index in [0.29, 0.717) is 6.61 Å². The fourth-order valence-corrected chi connectivity index (χ4v) is 1.41. The Balaban J connectivity index is 2.87. The van der Waals surface area contributed by atoms with Gasteiger partial charge in [0.1, 0.15) is 11.6 Å². The van der Waals surface area contributed by atoms with Crippen molar-refractivity contribution in [3.05, 3.63) is 29.6 Å². The van der Waals surface area contributed by atoms with Crippen LogP contribution in [0.2, 0.25) is 0 Å². The summed E-state index contributed by atoms with van der Waals surface area (Å²) in [5.74, 6) is -1.07. The first kappa shape index (κ1) is 14.8. The van der Waals surface area contributed by atoms with Crippen molar-refractivity contribution in [2.24, 2.45) is 0 Å². The summed E-state index contributed by atoms with van der Waals surface area (Å²) in [5.41, 5.74) is 0.0465. The topological polar surface area (TPSA) is 18.5 Å². The molecule has 0 fully saturated rings. The van der Waals surface area contributed by atoms with Crippen molar-refractivity contribution >= 4 is 0 Å². The number of hydrogen-bond donors (Lipinski definition) is 0. The zero-order chi connectivity index (χ0) is 13.8. The van der Waals surface area contributed by atoms with Gasteiger partial charge in [-0.2, -0.15) is 0 Å². The Kier molecular flexibility index (Phi) is 4.95. The molecule has 1 atom stereocenters. The quantitative estimate of drug-likeness (QED) is 0.743. The third-order valence-electron chi connectivity index (χ3n) is 2.21. The second-order valence-corrected chi connectivity index (χ2v) is 3.74. The number of halogens is 4. The van der Waals surface area contributed by atoms with E-state index in [0.717, 1.165) is 24.6 Å². The summed E-state index contributed by atoms with van der Waals surface area (Å²) in [6.45, 7) is 3.86. The van der Waals surface area contributed by atoms with Gasteiger partial charge in [-0.3, -0.25) is 0 Å². The molecule has 0 spiro atoms. The predicted octanol–water partition coefficient (Wildman–Crippen LogP) is 4.21. The second-order valence-electron chi connectivity index (χ2n) is 3.74. The molecule has 18 heavy (non-hydrogen) atoms. The number of benzene rings is 1. The fraction of sp³-hybridized carbons (Fsp3) is 0.500. The lowest BCUT2D eigenvalue weighted by molar-refractivity contribution is -0.274. The third kappa shape index (κ3) is 4.52. The highest BCUT2D eigenvalue weighted by atomic mass is 19.4. The maximum atomic E-state index is 13.5. The largest absolute Gasteiger partial charge is 0.573 e. The standard InChI is InChI=1S/C12H14F4O2/c1-3-6-17-8(2)10-7-9(4-5-11(10)13)18-12(14,15)16/h4-5,7-8H,3,6H2,1-2H3. The van der Waals surface area contributed by atoms with Gasteiger partial charge in [0.25, 0.3) is 0 Å². The molecule has 102 valence electrons. The monoisotopic (exact) mass is 266 g/mol. The van der Waals surface area contributed by atoms with Crippen molar-refractivity contribution < 1.29 is 27.0 Å². The molecule has 1 aromatic rings. The van der Waals surface area contributed by atoms with Crippen LogP contribution in [0.5, 0.6) is 5.75 Å². The molecule has 2 nitrogen and oxygen atoms in total. The lowest BCUT2D eigenvalue weighted by Gasteiger charge is -2.15. The lowest BCUT2D eigenvalue weighted by Crippen LogP contribution is -2.17. The van der Waals surface area contributed by atoms with Crippen LogP contribution in [0.3, 0.4) is 0 Å². The van der Waals surface area contributed by atoms with Crippen LogP contribution in [0.25, 0.3) is 0 Å². The van der Waals surface area contributed by atoms with Gasteiger partial charge in [0.15, 0.2) is 0 Å². The normalized spacial score (nSPS) is 13.4. The van der Waals surface area contributed by atoms with Gasteiger partial charge < -0.3 is 9.47 Å². The molecule has 0 aromatic heterocycles. The number of rotatable bonds is 5. The van der Waals surface area contributed by atoms with E-state index in [1.165, 1.54) is 0 Å². The molecule has 0 aliphatic rings. The Labute approximate surface area is 103 Å². The molecule has 1 aromatic carbocycles. The molecule has 0 bridgehead atoms. The lowest BCUT2D eigenvalue weighted by atomic mass is 10.1. The average molecular weight is 266 g/mol. The van der Waals surface area contributed by atoms with E-state index >= 15 is 0 Å². The van der Waals surface area contributed by atoms with Crippen molar-refractivity contribution in [2.75, 3.05) is 6.61 Å². The van der Waals surface area contributed by atoms with Crippen LogP contribution in [0, 0.1) is 5.82 Å². The van der Waals surface area contributed by atoms with Crippen LogP contribution in [-0.2, 0) is 4.74 Å². The average Bonchev–Trinajstić information content (AvgIpc) is 2.26. The predicted molar refractivity (Wildman–Crippen MR) is 57.7 cm³/mol. The van der Waals surface area contributed by atoms with Crippen molar-refractivity contribution in [1.82, 2.24) is 0 Å². The van der Waals surface area contributed by atoms with E-state index in [1.54, 1.807) is 6.92 Å². The molecular weight excluding hydrogens is 252 g/mol. The second kappa shape index (κ2) is 6.04. The Morgan fingerprint density at radius 3 is 2.50 bits per heavy atom. The van der Waals surface area contributed by atoms with Crippen molar-refractivity contribution in [2.45, 2.75) is 32.7 Å². The van der Waals surface area contributed by atoms with Gasteiger partial charge >= 0.3 is 6.36 Å². The minimum atomic E-state index is -4.79. The van der Waals surface area contributed by atoms with Crippen molar-refractivity contribution in [1.29, 1.82) is 0 Å². The highest BCUT2D eigenvalue weighted by Crippen LogP contribution is 2.28. The summed E-state index contributed by atoms with van der Waals surface area (Å²) in [6, 6.07) is 2.87. The van der Waals surface area contributed by atoms with Crippen LogP contribution in [0.1, 0.15) is 31.9 Å². The highest BCUT2D eigenvalue weighted by molar-refractivity contribution is 5.31. The fourth-order valence-electron chi connectivity index (χ4n) is 1.41. The molecule has 0 heterocycles. The first-order valence-corrected chi connectivity index (χ1v) is 5.50. The van der Waals surface area contributed by atoms with Gasteiger partial charge in [-0.15, -0.1) is 13.2 Å². The first-order valence-electron chi connectivity index (χ1n) is 5.50. The molecule has 0 amide bonds. The van der Waals surface area contributed by atoms with Gasteiger partial charge in [-0.1, -0.05) is 6.92 Å². The molecule has 1 rings (SSSR count). The maximum Gasteiger partial charge on any atom is 0.573 e. The van der Waals surface area contributed by atoms with Gasteiger partial charge in [0.05, 0.1) is 6.10 Å². The van der Waals surface area contributed by atoms with E-state index in [1.807, 2.05) is 6.92 Å². The maximum absolute atomic E-state index is 13.5. The summed E-state index contributed by atoms with van der Waals surface area (Å²) in [6.07, 6.45) is -4.67. The van der Waals surface area contributed by atoms with Crippen LogP contribution in [0.15, 0.2) is 18.2 Å². The van der Waals surface area contributed by atoms with Gasteiger partial charge in [0.2, 0.25) is 0 Å². The number of hydrogen-bond acceptors (Lipinski definition) is 2. The van der Waals surface area contributed by atoms with E-state index < -0.39 is 24.0 Å². The smallest absolute Gasteiger partial charge is 0.406 e. The number of alkyl halides is 3. The molecule has 0 aliphatic carbocycles. The van der Waals surface area contributed by atoms with Crippen molar-refractivity contribution in [3.8, 4) is 5.75 Å². The molecule has 0 N–H and O–H groups in total. The van der Waals surface area contributed by atoms with E-state index in [-0.39, 0.29) is 5.56 Å². The Hall–Kier alpha value is -1.30. The summed E-state index contributed by atoms with van der Waals surface area (Å²) < 4.78 is 58.5. The summed E-state index contributed by atoms with van der Waals surface area (Å²) in [4.78, 5) is 0. The van der Waals surface area contributed by atoms with Crippen LogP contribution in [0.4, 0.5) is 17.6 Å². The number of ether oxygens (including phenoxy) is 2. The van der Waals surface area contributed by atoms with Gasteiger partial charge in [-0.25, -0.2) is 4.39 Å². The Bertz CT molecular complexity index is 390. The van der Waals surface area contributed by atoms with Gasteiger partial charge in [0, 0.05) is 12.2 Å². The molecule has 1 unspecified atom stereocenters. The highest BCUT2D eigenvalue weighted by Gasteiger charge is 2.31. The zero-order valence-corrected chi connectivity index (χ0v) is 10.1. The summed E-state index contributed by atoms with van der Waals surface area (Å²) in [5, 5.41) is 0. The minimum absolute atomic E-state index is 0.0465. The zero-order valence-electron chi connectivity index (χ0n) is 10.1. The SMILES string of the molecule is CCCOC(C)c1cc(OC(F)(F)F)ccc1F. The summed E-state index contributed by atoms with van der Waals surface area (Å²) in [7, 11) is 0. The molecular formula is C12H14F4O2. The Morgan fingerprint density at radius 2 is 1.94 bits per heavy atom. The van der Waals surface area contributed by atoms with E-state index in [2.05, 4.69) is 4.74 Å². The third-order valence-corrected chi connectivity index (χ3v) is 2.21. The molecule has 0 aliphatic heterocycles. The molecule has 0 saturated carbocycles. The van der Waals surface area contributed by atoms with E-state index in [4.69, 9.17) is 4.74 Å². The van der Waals surface area contributed by atoms with E-state index in [9.17, 15) is 17.6 Å². The van der Waals surface area contributed by atoms with Crippen LogP contribution < -0.4 is 4.74 Å². The molecule has 0 radical (unpaired) electrons. The molecule has 0 saturated heterocycles. The minimum Gasteiger partial charge on any atom is -0.406 e. The summed E-state index contributed by atoms with van der Waals surface area (Å²) >= 11 is 0. The van der Waals surface area contributed by atoms with Crippen LogP contribution >= 0.6 is 0 Å². The first-order chi connectivity index (χ1) is 8.33. The van der Waals surface area contributed by atoms with Crippen molar-refractivity contribution in [3.63, 3.8) is 0 Å².